The monoisotopic (exact) mass is 689 g/mol. The number of hydrogen-bond acceptors (Lipinski definition) is 12. The number of benzene rings is 1. The normalized spacial score (nSPS) is 15.9. The summed E-state index contributed by atoms with van der Waals surface area (Å²) in [7, 11) is 0. The van der Waals surface area contributed by atoms with Crippen LogP contribution in [0.15, 0.2) is 42.6 Å². The highest BCUT2D eigenvalue weighted by molar-refractivity contribution is 5.83. The highest BCUT2D eigenvalue weighted by Crippen LogP contribution is 2.20. The van der Waals surface area contributed by atoms with E-state index in [1.165, 1.54) is 32.1 Å². The fraction of sp³-hybridized carbons (Fsp3) is 0.600. The quantitative estimate of drug-likeness (QED) is 0.0997. The van der Waals surface area contributed by atoms with Crippen molar-refractivity contribution in [3.05, 3.63) is 53.9 Å². The predicted octanol–water partition coefficient (Wildman–Crippen LogP) is 1.63. The Kier molecular flexibility index (Phi) is 14.6. The van der Waals surface area contributed by atoms with Crippen LogP contribution in [0, 0.1) is 0 Å². The summed E-state index contributed by atoms with van der Waals surface area (Å²) in [6, 6.07) is 11.4. The number of nitrogens with two attached hydrogens (primary N) is 2. The second-order valence-electron chi connectivity index (χ2n) is 13.3. The minimum absolute atomic E-state index is 0.0116. The van der Waals surface area contributed by atoms with E-state index in [1.54, 1.807) is 6.07 Å². The maximum Gasteiger partial charge on any atom is 0.237 e. The van der Waals surface area contributed by atoms with Gasteiger partial charge in [0, 0.05) is 57.8 Å². The van der Waals surface area contributed by atoms with Gasteiger partial charge >= 0.3 is 0 Å². The first kappa shape index (κ1) is 36.9. The maximum atomic E-state index is 12.9. The Morgan fingerprint density at radius 2 is 1.72 bits per heavy atom. The second kappa shape index (κ2) is 19.7. The van der Waals surface area contributed by atoms with Crippen LogP contribution in [0.4, 0.5) is 17.6 Å². The number of aryl methyl sites for hydroxylation is 1. The first-order valence-electron chi connectivity index (χ1n) is 18.2. The first-order chi connectivity index (χ1) is 24.4. The number of piperazine rings is 1. The number of anilines is 3. The third kappa shape index (κ3) is 12.2. The molecule has 1 aliphatic carbocycles. The van der Waals surface area contributed by atoms with Crippen molar-refractivity contribution in [3.8, 4) is 0 Å². The maximum absolute atomic E-state index is 12.9. The highest BCUT2D eigenvalue weighted by Gasteiger charge is 2.24. The Balaban J connectivity index is 0.957. The molecule has 1 saturated heterocycles. The van der Waals surface area contributed by atoms with Gasteiger partial charge in [0.2, 0.25) is 17.8 Å². The summed E-state index contributed by atoms with van der Waals surface area (Å²) in [5.74, 6) is 1.20. The molecule has 15 nitrogen and oxygen atoms in total. The lowest BCUT2D eigenvalue weighted by Gasteiger charge is -2.35. The summed E-state index contributed by atoms with van der Waals surface area (Å²) in [5.41, 5.74) is 14.0. The molecule has 2 fully saturated rings. The van der Waals surface area contributed by atoms with E-state index in [0.717, 1.165) is 56.3 Å². The Bertz CT molecular complexity index is 1460. The van der Waals surface area contributed by atoms with Gasteiger partial charge in [-0.25, -0.2) is 0 Å². The van der Waals surface area contributed by atoms with Crippen molar-refractivity contribution in [1.29, 1.82) is 0 Å². The largest absolute Gasteiger partial charge is 0.383 e. The summed E-state index contributed by atoms with van der Waals surface area (Å²) in [6.07, 6.45) is 11.4. The van der Waals surface area contributed by atoms with Crippen LogP contribution in [0.2, 0.25) is 0 Å². The number of nitrogens with one attached hydrogen (secondary N) is 4. The number of nitrogens with zero attached hydrogens (tertiary/aromatic N) is 7. The molecule has 3 aromatic rings. The van der Waals surface area contributed by atoms with Gasteiger partial charge < -0.3 is 42.5 Å². The first-order valence-corrected chi connectivity index (χ1v) is 18.2. The molecule has 2 aromatic heterocycles. The topological polar surface area (TPSA) is 197 Å². The van der Waals surface area contributed by atoms with Crippen molar-refractivity contribution in [3.63, 3.8) is 0 Å². The molecule has 0 unspecified atom stereocenters. The molecule has 1 atom stereocenters. The number of aromatic nitrogens is 5. The molecule has 2 amide bonds. The van der Waals surface area contributed by atoms with Crippen molar-refractivity contribution < 1.29 is 9.59 Å². The van der Waals surface area contributed by atoms with Gasteiger partial charge in [0.05, 0.1) is 18.8 Å². The van der Waals surface area contributed by atoms with Crippen molar-refractivity contribution in [2.24, 2.45) is 5.73 Å². The number of carbonyl (C=O) groups is 2. The van der Waals surface area contributed by atoms with E-state index in [2.05, 4.69) is 46.4 Å². The minimum Gasteiger partial charge on any atom is -0.383 e. The smallest absolute Gasteiger partial charge is 0.237 e. The van der Waals surface area contributed by atoms with Gasteiger partial charge in [0.25, 0.3) is 0 Å². The van der Waals surface area contributed by atoms with Crippen LogP contribution in [-0.4, -0.2) is 99.6 Å². The number of rotatable bonds is 19. The Morgan fingerprint density at radius 1 is 0.940 bits per heavy atom. The van der Waals surface area contributed by atoms with Gasteiger partial charge in [0.15, 0.2) is 0 Å². The van der Waals surface area contributed by atoms with Crippen LogP contribution in [0.1, 0.15) is 69.0 Å². The Morgan fingerprint density at radius 3 is 2.52 bits per heavy atom. The number of hydrogen-bond donors (Lipinski definition) is 6. The molecule has 3 heterocycles. The second-order valence-corrected chi connectivity index (χ2v) is 13.3. The zero-order valence-corrected chi connectivity index (χ0v) is 29.2. The molecule has 5 rings (SSSR count). The van der Waals surface area contributed by atoms with E-state index >= 15 is 0 Å². The lowest BCUT2D eigenvalue weighted by Crippen LogP contribution is -2.49. The third-order valence-corrected chi connectivity index (χ3v) is 9.33. The van der Waals surface area contributed by atoms with Crippen LogP contribution in [0.5, 0.6) is 0 Å². The molecule has 2 aliphatic rings. The van der Waals surface area contributed by atoms with Crippen LogP contribution in [0.3, 0.4) is 0 Å². The zero-order chi connectivity index (χ0) is 35.0. The van der Waals surface area contributed by atoms with Crippen molar-refractivity contribution in [1.82, 2.24) is 45.8 Å². The molecule has 1 aliphatic heterocycles. The third-order valence-electron chi connectivity index (χ3n) is 9.33. The van der Waals surface area contributed by atoms with Crippen LogP contribution in [0.25, 0.3) is 0 Å². The zero-order valence-electron chi connectivity index (χ0n) is 29.2. The summed E-state index contributed by atoms with van der Waals surface area (Å²) in [6.45, 7) is 6.96. The van der Waals surface area contributed by atoms with Gasteiger partial charge in [-0.3, -0.25) is 14.3 Å². The number of carbonyl (C=O) groups excluding carboxylic acids is 2. The predicted molar refractivity (Wildman–Crippen MR) is 195 cm³/mol. The van der Waals surface area contributed by atoms with E-state index in [0.29, 0.717) is 63.3 Å². The van der Waals surface area contributed by atoms with E-state index in [4.69, 9.17) is 11.5 Å². The molecule has 0 spiro atoms. The minimum atomic E-state index is -0.737. The van der Waals surface area contributed by atoms with Crippen LogP contribution in [-0.2, 0) is 29.2 Å². The van der Waals surface area contributed by atoms with Crippen molar-refractivity contribution in [2.75, 3.05) is 61.8 Å². The molecular formula is C35H55N13O2. The molecule has 272 valence electrons. The van der Waals surface area contributed by atoms with Crippen LogP contribution >= 0.6 is 0 Å². The highest BCUT2D eigenvalue weighted by atomic mass is 16.2. The van der Waals surface area contributed by atoms with Gasteiger partial charge in [0.1, 0.15) is 17.3 Å². The molecular weight excluding hydrogens is 634 g/mol. The average molecular weight is 690 g/mol. The summed E-state index contributed by atoms with van der Waals surface area (Å²) in [5, 5.41) is 21.8. The van der Waals surface area contributed by atoms with Gasteiger partial charge in [-0.05, 0) is 57.3 Å². The average Bonchev–Trinajstić information content (AvgIpc) is 3.61. The molecule has 1 aromatic carbocycles. The standard InChI is InChI=1S/C35H55N13O2/c36-30(34(50)40-24-27-9-3-1-4-10-27)13-14-33(49)47-21-19-46(20-22-47)32-23-31(37)42-35(43-32)41-25-29-26-48(45-44-29)18-8-16-38-15-7-17-39-28-11-5-2-6-12-28/h1,3-4,9-10,23,26,28,30,38-39H,2,5-8,11-22,24-25,36H2,(H,40,50)(H3,37,41,42,43)/t30-/m0/s1. The van der Waals surface area contributed by atoms with E-state index < -0.39 is 6.04 Å². The lowest BCUT2D eigenvalue weighted by molar-refractivity contribution is -0.131. The van der Waals surface area contributed by atoms with Gasteiger partial charge in [-0.1, -0.05) is 54.8 Å². The summed E-state index contributed by atoms with van der Waals surface area (Å²) >= 11 is 0. The van der Waals surface area contributed by atoms with Crippen molar-refractivity contribution in [2.45, 2.75) is 89.5 Å². The molecule has 50 heavy (non-hydrogen) atoms. The molecule has 1 saturated carbocycles. The fourth-order valence-corrected chi connectivity index (χ4v) is 6.38. The number of nitrogen functional groups attached to an aromatic ring is 1. The Hall–Kier alpha value is -4.34. The van der Waals surface area contributed by atoms with E-state index in [-0.39, 0.29) is 18.2 Å². The van der Waals surface area contributed by atoms with E-state index in [1.807, 2.05) is 46.1 Å². The molecule has 15 heteroatoms. The van der Waals surface area contributed by atoms with Crippen molar-refractivity contribution >= 4 is 29.4 Å². The number of amides is 2. The Labute approximate surface area is 295 Å². The lowest BCUT2D eigenvalue weighted by atomic mass is 9.95. The molecule has 8 N–H and O–H groups in total. The fourth-order valence-electron chi connectivity index (χ4n) is 6.38. The van der Waals surface area contributed by atoms with Crippen LogP contribution < -0.4 is 37.6 Å². The molecule has 0 bridgehead atoms. The summed E-state index contributed by atoms with van der Waals surface area (Å²) in [4.78, 5) is 38.2. The van der Waals surface area contributed by atoms with Gasteiger partial charge in [-0.15, -0.1) is 5.10 Å². The SMILES string of the molecule is Nc1cc(N2CCN(C(=O)CC[C@H](N)C(=O)NCc3ccccc3)CC2)nc(NCc2cn(CCCNCCCNC3CCCCC3)nn2)n1. The van der Waals surface area contributed by atoms with E-state index in [9.17, 15) is 9.59 Å². The molecule has 0 radical (unpaired) electrons. The summed E-state index contributed by atoms with van der Waals surface area (Å²) < 4.78 is 1.87. The van der Waals surface area contributed by atoms with Gasteiger partial charge in [-0.2, -0.15) is 9.97 Å².